The Morgan fingerprint density at radius 1 is 1.35 bits per heavy atom. The van der Waals surface area contributed by atoms with Crippen molar-refractivity contribution in [2.45, 2.75) is 6.54 Å². The summed E-state index contributed by atoms with van der Waals surface area (Å²) in [7, 11) is 1.45. The lowest BCUT2D eigenvalue weighted by atomic mass is 10.2. The number of hydrogen-bond acceptors (Lipinski definition) is 3. The molecule has 4 nitrogen and oxygen atoms in total. The molecule has 0 aliphatic carbocycles. The Morgan fingerprint density at radius 2 is 2.06 bits per heavy atom. The fourth-order valence-electron chi connectivity index (χ4n) is 1.51. The highest BCUT2D eigenvalue weighted by Gasteiger charge is 2.07. The first-order valence-electron chi connectivity index (χ1n) is 5.05. The van der Waals surface area contributed by atoms with Gasteiger partial charge in [-0.1, -0.05) is 30.3 Å². The Labute approximate surface area is 112 Å². The van der Waals surface area contributed by atoms with Crippen molar-refractivity contribution < 1.29 is 4.74 Å². The Balaban J connectivity index is 2.40. The minimum absolute atomic E-state index is 0.132. The summed E-state index contributed by atoms with van der Waals surface area (Å²) in [5.74, 6) is 0.132. The predicted octanol–water partition coefficient (Wildman–Crippen LogP) is 1.90. The van der Waals surface area contributed by atoms with Crippen LogP contribution >= 0.6 is 22.6 Å². The van der Waals surface area contributed by atoms with Crippen molar-refractivity contribution in [3.8, 4) is 5.88 Å². The molecule has 1 aromatic carbocycles. The first-order chi connectivity index (χ1) is 8.20. The smallest absolute Gasteiger partial charge is 0.313 e. The van der Waals surface area contributed by atoms with Gasteiger partial charge in [-0.2, -0.15) is 0 Å². The average Bonchev–Trinajstić information content (AvgIpc) is 2.34. The van der Waals surface area contributed by atoms with E-state index in [1.807, 2.05) is 30.3 Å². The lowest BCUT2D eigenvalue weighted by Crippen LogP contribution is -2.23. The largest absolute Gasteiger partial charge is 0.477 e. The molecule has 2 rings (SSSR count). The standard InChI is InChI=1S/C12H11IN2O2/c1-17-11-12(16)15(8-10(13)14-11)7-9-5-3-2-4-6-9/h2-6,8H,7H2,1H3. The van der Waals surface area contributed by atoms with Crippen LogP contribution in [0.5, 0.6) is 5.88 Å². The van der Waals surface area contributed by atoms with Gasteiger partial charge in [0.05, 0.1) is 13.7 Å². The predicted molar refractivity (Wildman–Crippen MR) is 73.3 cm³/mol. The van der Waals surface area contributed by atoms with Crippen molar-refractivity contribution >= 4 is 22.6 Å². The van der Waals surface area contributed by atoms with Crippen molar-refractivity contribution in [3.63, 3.8) is 0 Å². The average molecular weight is 342 g/mol. The summed E-state index contributed by atoms with van der Waals surface area (Å²) >= 11 is 2.06. The van der Waals surface area contributed by atoms with Gasteiger partial charge in [0.15, 0.2) is 0 Å². The van der Waals surface area contributed by atoms with E-state index in [2.05, 4.69) is 27.6 Å². The summed E-state index contributed by atoms with van der Waals surface area (Å²) in [6.07, 6.45) is 1.72. The number of aromatic nitrogens is 2. The van der Waals surface area contributed by atoms with Crippen molar-refractivity contribution in [3.05, 3.63) is 56.1 Å². The zero-order chi connectivity index (χ0) is 12.3. The van der Waals surface area contributed by atoms with Crippen LogP contribution in [0, 0.1) is 3.70 Å². The van der Waals surface area contributed by atoms with Gasteiger partial charge in [0.1, 0.15) is 3.70 Å². The molecule has 88 valence electrons. The van der Waals surface area contributed by atoms with Gasteiger partial charge in [0.2, 0.25) is 0 Å². The molecule has 0 saturated carbocycles. The van der Waals surface area contributed by atoms with Crippen LogP contribution in [-0.2, 0) is 6.54 Å². The van der Waals surface area contributed by atoms with E-state index in [1.165, 1.54) is 7.11 Å². The highest BCUT2D eigenvalue weighted by Crippen LogP contribution is 2.06. The molecular formula is C12H11IN2O2. The second kappa shape index (κ2) is 5.31. The second-order valence-corrected chi connectivity index (χ2v) is 4.60. The molecule has 0 saturated heterocycles. The van der Waals surface area contributed by atoms with Gasteiger partial charge in [-0.25, -0.2) is 4.98 Å². The monoisotopic (exact) mass is 342 g/mol. The molecule has 1 heterocycles. The number of methoxy groups -OCH3 is 1. The fraction of sp³-hybridized carbons (Fsp3) is 0.167. The van der Waals surface area contributed by atoms with Crippen molar-refractivity contribution in [2.75, 3.05) is 7.11 Å². The number of hydrogen-bond donors (Lipinski definition) is 0. The van der Waals surface area contributed by atoms with Gasteiger partial charge in [0, 0.05) is 6.20 Å². The van der Waals surface area contributed by atoms with Crippen LogP contribution in [0.1, 0.15) is 5.56 Å². The van der Waals surface area contributed by atoms with Gasteiger partial charge in [-0.3, -0.25) is 4.79 Å². The molecule has 2 aromatic rings. The Morgan fingerprint density at radius 3 is 2.71 bits per heavy atom. The normalized spacial score (nSPS) is 10.2. The fourth-order valence-corrected chi connectivity index (χ4v) is 2.07. The maximum absolute atomic E-state index is 11.9. The van der Waals surface area contributed by atoms with Crippen LogP contribution in [0.25, 0.3) is 0 Å². The lowest BCUT2D eigenvalue weighted by molar-refractivity contribution is 0.384. The van der Waals surface area contributed by atoms with E-state index in [-0.39, 0.29) is 11.4 Å². The molecule has 0 unspecified atom stereocenters. The van der Waals surface area contributed by atoms with Gasteiger partial charge in [-0.15, -0.1) is 0 Å². The number of rotatable bonds is 3. The maximum atomic E-state index is 11.9. The van der Waals surface area contributed by atoms with Crippen LogP contribution in [-0.4, -0.2) is 16.7 Å². The summed E-state index contributed by atoms with van der Waals surface area (Å²) in [5, 5.41) is 0. The van der Waals surface area contributed by atoms with Gasteiger partial charge < -0.3 is 9.30 Å². The first kappa shape index (κ1) is 12.1. The molecule has 0 aliphatic rings. The maximum Gasteiger partial charge on any atom is 0.313 e. The Hall–Kier alpha value is -1.37. The third-order valence-electron chi connectivity index (χ3n) is 2.30. The quantitative estimate of drug-likeness (QED) is 0.801. The van der Waals surface area contributed by atoms with Gasteiger partial charge in [-0.05, 0) is 28.2 Å². The van der Waals surface area contributed by atoms with E-state index < -0.39 is 0 Å². The molecule has 17 heavy (non-hydrogen) atoms. The summed E-state index contributed by atoms with van der Waals surface area (Å²) in [4.78, 5) is 16.0. The minimum atomic E-state index is -0.211. The summed E-state index contributed by atoms with van der Waals surface area (Å²) in [5.41, 5.74) is 0.857. The Bertz CT molecular complexity index is 566. The summed E-state index contributed by atoms with van der Waals surface area (Å²) < 4.78 is 7.29. The molecule has 0 atom stereocenters. The highest BCUT2D eigenvalue weighted by atomic mass is 127. The van der Waals surface area contributed by atoms with Crippen molar-refractivity contribution in [1.29, 1.82) is 0 Å². The third-order valence-corrected chi connectivity index (χ3v) is 2.82. The molecule has 0 amide bonds. The first-order valence-corrected chi connectivity index (χ1v) is 6.13. The van der Waals surface area contributed by atoms with Crippen LogP contribution in [0.2, 0.25) is 0 Å². The number of halogens is 1. The summed E-state index contributed by atoms with van der Waals surface area (Å²) in [6, 6.07) is 9.80. The lowest BCUT2D eigenvalue weighted by Gasteiger charge is -2.07. The van der Waals surface area contributed by atoms with Gasteiger partial charge in [0.25, 0.3) is 5.88 Å². The van der Waals surface area contributed by atoms with E-state index >= 15 is 0 Å². The molecule has 0 radical (unpaired) electrons. The van der Waals surface area contributed by atoms with Gasteiger partial charge >= 0.3 is 5.56 Å². The van der Waals surface area contributed by atoms with Crippen LogP contribution in [0.4, 0.5) is 0 Å². The van der Waals surface area contributed by atoms with Crippen LogP contribution < -0.4 is 10.3 Å². The van der Waals surface area contributed by atoms with Crippen LogP contribution in [0.3, 0.4) is 0 Å². The number of nitrogens with zero attached hydrogens (tertiary/aromatic N) is 2. The van der Waals surface area contributed by atoms with E-state index in [4.69, 9.17) is 4.74 Å². The molecule has 0 bridgehead atoms. The topological polar surface area (TPSA) is 44.1 Å². The molecule has 5 heteroatoms. The minimum Gasteiger partial charge on any atom is -0.477 e. The molecule has 0 N–H and O–H groups in total. The van der Waals surface area contributed by atoms with E-state index in [1.54, 1.807) is 10.8 Å². The molecule has 1 aromatic heterocycles. The molecule has 0 spiro atoms. The SMILES string of the molecule is COc1nc(I)cn(Cc2ccccc2)c1=O. The zero-order valence-electron chi connectivity index (χ0n) is 9.26. The second-order valence-electron chi connectivity index (χ2n) is 3.49. The molecule has 0 aliphatic heterocycles. The number of ether oxygens (including phenoxy) is 1. The van der Waals surface area contributed by atoms with E-state index in [0.29, 0.717) is 6.54 Å². The summed E-state index contributed by atoms with van der Waals surface area (Å²) in [6.45, 7) is 0.522. The molecular weight excluding hydrogens is 331 g/mol. The zero-order valence-corrected chi connectivity index (χ0v) is 11.4. The van der Waals surface area contributed by atoms with Crippen molar-refractivity contribution in [1.82, 2.24) is 9.55 Å². The Kier molecular flexibility index (Phi) is 3.78. The van der Waals surface area contributed by atoms with E-state index in [0.717, 1.165) is 9.26 Å². The molecule has 0 fully saturated rings. The van der Waals surface area contributed by atoms with E-state index in [9.17, 15) is 4.79 Å². The van der Waals surface area contributed by atoms with Crippen molar-refractivity contribution in [2.24, 2.45) is 0 Å². The third kappa shape index (κ3) is 2.85. The highest BCUT2D eigenvalue weighted by molar-refractivity contribution is 14.1. The number of benzene rings is 1. The van der Waals surface area contributed by atoms with Crippen LogP contribution in [0.15, 0.2) is 41.3 Å².